The van der Waals surface area contributed by atoms with Gasteiger partial charge < -0.3 is 20.7 Å². The Morgan fingerprint density at radius 3 is 3.22 bits per heavy atom. The van der Waals surface area contributed by atoms with Crippen LogP contribution < -0.4 is 5.73 Å². The summed E-state index contributed by atoms with van der Waals surface area (Å²) >= 11 is 1.68. The number of H-pyrrole nitrogens is 1. The zero-order chi connectivity index (χ0) is 12.5. The van der Waals surface area contributed by atoms with Crippen molar-refractivity contribution in [2.45, 2.75) is 12.6 Å². The van der Waals surface area contributed by atoms with Gasteiger partial charge in [-0.15, -0.1) is 0 Å². The Balaban J connectivity index is 1.72. The predicted molar refractivity (Wildman–Crippen MR) is 73.0 cm³/mol. The summed E-state index contributed by atoms with van der Waals surface area (Å²) in [7, 11) is 0. The number of aliphatic imine (C=N–C) groups is 1. The molecule has 0 bridgehead atoms. The minimum atomic E-state index is -0.676. The summed E-state index contributed by atoms with van der Waals surface area (Å²) < 4.78 is 0. The summed E-state index contributed by atoms with van der Waals surface area (Å²) in [6, 6.07) is 3.83. The topological polar surface area (TPSA) is 77.6 Å². The summed E-state index contributed by atoms with van der Waals surface area (Å²) in [4.78, 5) is 8.98. The van der Waals surface area contributed by atoms with Crippen LogP contribution in [0.5, 0.6) is 0 Å². The van der Waals surface area contributed by atoms with Gasteiger partial charge in [0.15, 0.2) is 6.23 Å². The second-order valence-corrected chi connectivity index (χ2v) is 5.05. The average molecular weight is 262 g/mol. The fourth-order valence-corrected chi connectivity index (χ4v) is 2.73. The normalized spacial score (nSPS) is 18.1. The van der Waals surface area contributed by atoms with Crippen molar-refractivity contribution in [1.29, 1.82) is 0 Å². The zero-order valence-electron chi connectivity index (χ0n) is 9.71. The summed E-state index contributed by atoms with van der Waals surface area (Å²) in [6.07, 6.45) is 1.88. The summed E-state index contributed by atoms with van der Waals surface area (Å²) in [6.45, 7) is 0.728. The number of aromatic amines is 1. The second-order valence-electron chi connectivity index (χ2n) is 4.27. The molecular weight excluding hydrogens is 248 g/mol. The zero-order valence-corrected chi connectivity index (χ0v) is 10.5. The van der Waals surface area contributed by atoms with Gasteiger partial charge in [-0.2, -0.15) is 11.3 Å². The Labute approximate surface area is 109 Å². The highest BCUT2D eigenvalue weighted by Crippen LogP contribution is 2.32. The number of nitrogens with zero attached hydrogens (tertiary/aromatic N) is 2. The first-order chi connectivity index (χ1) is 8.74. The van der Waals surface area contributed by atoms with E-state index in [4.69, 9.17) is 5.73 Å². The highest BCUT2D eigenvalue weighted by molar-refractivity contribution is 7.07. The average Bonchev–Trinajstić information content (AvgIpc) is 2.97. The van der Waals surface area contributed by atoms with Crippen LogP contribution in [0.1, 0.15) is 17.4 Å². The molecule has 0 saturated carbocycles. The number of nitrogens with one attached hydrogen (secondary N) is 1. The maximum Gasteiger partial charge on any atom is 0.157 e. The van der Waals surface area contributed by atoms with Crippen LogP contribution in [-0.2, 0) is 6.42 Å². The number of aromatic nitrogens is 1. The van der Waals surface area contributed by atoms with Gasteiger partial charge in [-0.1, -0.05) is 0 Å². The highest BCUT2D eigenvalue weighted by Gasteiger charge is 2.23. The third kappa shape index (κ3) is 2.00. The van der Waals surface area contributed by atoms with E-state index in [1.165, 1.54) is 5.56 Å². The van der Waals surface area contributed by atoms with Crippen LogP contribution in [0, 0.1) is 0 Å². The number of nitrogen functional groups attached to an aromatic ring is 1. The first kappa shape index (κ1) is 11.3. The number of anilines is 1. The lowest BCUT2D eigenvalue weighted by molar-refractivity contribution is 0.0552. The fraction of sp³-hybridized carbons (Fsp3) is 0.250. The Hall–Kier alpha value is -1.79. The van der Waals surface area contributed by atoms with E-state index >= 15 is 0 Å². The molecule has 1 aliphatic rings. The molecule has 0 aliphatic carbocycles. The summed E-state index contributed by atoms with van der Waals surface area (Å²) in [5.74, 6) is 1.17. The molecule has 0 amide bonds. The third-order valence-electron chi connectivity index (χ3n) is 3.01. The van der Waals surface area contributed by atoms with E-state index in [-0.39, 0.29) is 0 Å². The molecule has 1 aliphatic heterocycles. The molecule has 3 rings (SSSR count). The largest absolute Gasteiger partial charge is 0.385 e. The van der Waals surface area contributed by atoms with E-state index < -0.39 is 6.23 Å². The van der Waals surface area contributed by atoms with Gasteiger partial charge in [0.2, 0.25) is 0 Å². The number of rotatable bonds is 3. The van der Waals surface area contributed by atoms with E-state index in [2.05, 4.69) is 26.8 Å². The van der Waals surface area contributed by atoms with Gasteiger partial charge in [-0.3, -0.25) is 0 Å². The van der Waals surface area contributed by atoms with Crippen LogP contribution in [0.15, 0.2) is 27.9 Å². The van der Waals surface area contributed by atoms with Gasteiger partial charge in [-0.25, -0.2) is 4.99 Å². The molecule has 1 unspecified atom stereocenters. The SMILES string of the molecule is Nc1cc2c([nH]1)N=CN(CCc1ccsc1)C2O. The molecule has 0 saturated heterocycles. The molecule has 3 heterocycles. The van der Waals surface area contributed by atoms with Gasteiger partial charge in [0, 0.05) is 12.1 Å². The molecule has 5 nitrogen and oxygen atoms in total. The standard InChI is InChI=1S/C12H14N4OS/c13-10-5-9-11(15-10)14-7-16(12(9)17)3-1-8-2-4-18-6-8/h2,4-7,12,15,17H,1,3,13H2. The Morgan fingerprint density at radius 1 is 1.56 bits per heavy atom. The predicted octanol–water partition coefficient (Wildman–Crippen LogP) is 1.87. The lowest BCUT2D eigenvalue weighted by Crippen LogP contribution is -2.31. The first-order valence-electron chi connectivity index (χ1n) is 5.71. The molecule has 0 spiro atoms. The molecule has 18 heavy (non-hydrogen) atoms. The second kappa shape index (κ2) is 4.47. The van der Waals surface area contributed by atoms with E-state index in [0.29, 0.717) is 11.6 Å². The fourth-order valence-electron chi connectivity index (χ4n) is 2.03. The number of aliphatic hydroxyl groups is 1. The van der Waals surface area contributed by atoms with Crippen LogP contribution in [0.3, 0.4) is 0 Å². The lowest BCUT2D eigenvalue weighted by Gasteiger charge is -2.28. The first-order valence-corrected chi connectivity index (χ1v) is 6.66. The van der Waals surface area contributed by atoms with Crippen LogP contribution in [0.4, 0.5) is 11.6 Å². The van der Waals surface area contributed by atoms with E-state index in [1.807, 2.05) is 4.90 Å². The monoisotopic (exact) mass is 262 g/mol. The van der Waals surface area contributed by atoms with Crippen molar-refractivity contribution in [3.8, 4) is 0 Å². The Kier molecular flexibility index (Phi) is 2.81. The van der Waals surface area contributed by atoms with Gasteiger partial charge in [0.25, 0.3) is 0 Å². The van der Waals surface area contributed by atoms with Crippen molar-refractivity contribution in [3.05, 3.63) is 34.0 Å². The van der Waals surface area contributed by atoms with Crippen LogP contribution in [0.25, 0.3) is 0 Å². The van der Waals surface area contributed by atoms with Crippen molar-refractivity contribution in [2.24, 2.45) is 4.99 Å². The quantitative estimate of drug-likeness (QED) is 0.790. The molecule has 6 heteroatoms. The molecule has 0 aromatic carbocycles. The lowest BCUT2D eigenvalue weighted by atomic mass is 10.2. The number of aliphatic hydroxyl groups excluding tert-OH is 1. The minimum Gasteiger partial charge on any atom is -0.385 e. The van der Waals surface area contributed by atoms with Crippen molar-refractivity contribution < 1.29 is 5.11 Å². The van der Waals surface area contributed by atoms with Gasteiger partial charge in [0.1, 0.15) is 11.6 Å². The molecule has 0 radical (unpaired) electrons. The van der Waals surface area contributed by atoms with E-state index in [9.17, 15) is 5.11 Å². The minimum absolute atomic E-state index is 0.524. The maximum absolute atomic E-state index is 10.2. The van der Waals surface area contributed by atoms with Gasteiger partial charge in [-0.05, 0) is 34.9 Å². The van der Waals surface area contributed by atoms with Gasteiger partial charge in [0.05, 0.1) is 6.34 Å². The number of fused-ring (bicyclic) bond motifs is 1. The van der Waals surface area contributed by atoms with E-state index in [1.54, 1.807) is 23.7 Å². The number of nitrogens with two attached hydrogens (primary N) is 1. The molecular formula is C12H14N4OS. The number of thiophene rings is 1. The smallest absolute Gasteiger partial charge is 0.157 e. The Bertz CT molecular complexity index is 561. The highest BCUT2D eigenvalue weighted by atomic mass is 32.1. The molecule has 2 aromatic rings. The van der Waals surface area contributed by atoms with Crippen molar-refractivity contribution >= 4 is 29.3 Å². The molecule has 94 valence electrons. The summed E-state index contributed by atoms with van der Waals surface area (Å²) in [5.41, 5.74) is 7.67. The molecule has 0 fully saturated rings. The summed E-state index contributed by atoms with van der Waals surface area (Å²) in [5, 5.41) is 14.4. The number of hydrogen-bond acceptors (Lipinski definition) is 5. The van der Waals surface area contributed by atoms with Crippen LogP contribution in [0.2, 0.25) is 0 Å². The maximum atomic E-state index is 10.2. The van der Waals surface area contributed by atoms with Crippen LogP contribution in [-0.4, -0.2) is 27.9 Å². The Morgan fingerprint density at radius 2 is 2.44 bits per heavy atom. The number of hydrogen-bond donors (Lipinski definition) is 3. The molecule has 4 N–H and O–H groups in total. The van der Waals surface area contributed by atoms with Crippen molar-refractivity contribution in [1.82, 2.24) is 9.88 Å². The third-order valence-corrected chi connectivity index (χ3v) is 3.75. The van der Waals surface area contributed by atoms with Gasteiger partial charge >= 0.3 is 0 Å². The molecule has 2 aromatic heterocycles. The molecule has 1 atom stereocenters. The van der Waals surface area contributed by atoms with Crippen LogP contribution >= 0.6 is 11.3 Å². The van der Waals surface area contributed by atoms with Crippen molar-refractivity contribution in [2.75, 3.05) is 12.3 Å². The van der Waals surface area contributed by atoms with Crippen molar-refractivity contribution in [3.63, 3.8) is 0 Å². The van der Waals surface area contributed by atoms with E-state index in [0.717, 1.165) is 18.5 Å².